The van der Waals surface area contributed by atoms with Gasteiger partial charge in [0.1, 0.15) is 0 Å². The van der Waals surface area contributed by atoms with Crippen molar-refractivity contribution in [3.8, 4) is 0 Å². The maximum atomic E-state index is 11.1. The highest BCUT2D eigenvalue weighted by atomic mass is 16.4. The average molecular weight is 262 g/mol. The molecule has 0 amide bonds. The predicted molar refractivity (Wildman–Crippen MR) is 76.6 cm³/mol. The third-order valence-electron chi connectivity index (χ3n) is 3.70. The molecule has 1 aliphatic rings. The Morgan fingerprint density at radius 1 is 1.53 bits per heavy atom. The van der Waals surface area contributed by atoms with Crippen LogP contribution in [-0.4, -0.2) is 36.2 Å². The Bertz CT molecular complexity index is 448. The smallest absolute Gasteiger partial charge is 0.305 e. The summed E-state index contributed by atoms with van der Waals surface area (Å²) < 4.78 is 0. The lowest BCUT2D eigenvalue weighted by atomic mass is 10.1. The second-order valence-corrected chi connectivity index (χ2v) is 5.34. The molecular formula is C15H22N2O2. The minimum atomic E-state index is -0.737. The van der Waals surface area contributed by atoms with E-state index in [1.807, 2.05) is 6.07 Å². The second kappa shape index (κ2) is 6.06. The molecule has 0 aliphatic carbocycles. The van der Waals surface area contributed by atoms with Crippen LogP contribution in [0.3, 0.4) is 0 Å². The Labute approximate surface area is 114 Å². The summed E-state index contributed by atoms with van der Waals surface area (Å²) >= 11 is 0. The van der Waals surface area contributed by atoms with E-state index in [9.17, 15) is 4.79 Å². The quantitative estimate of drug-likeness (QED) is 0.875. The number of rotatable bonds is 3. The van der Waals surface area contributed by atoms with Gasteiger partial charge in [0.2, 0.25) is 0 Å². The number of carboxylic acids is 1. The zero-order valence-corrected chi connectivity index (χ0v) is 11.6. The fourth-order valence-corrected chi connectivity index (χ4v) is 2.80. The lowest BCUT2D eigenvalue weighted by molar-refractivity contribution is -0.137. The zero-order chi connectivity index (χ0) is 13.8. The zero-order valence-electron chi connectivity index (χ0n) is 11.6. The molecule has 1 heterocycles. The summed E-state index contributed by atoms with van der Waals surface area (Å²) in [5.74, 6) is -0.737. The van der Waals surface area contributed by atoms with Gasteiger partial charge >= 0.3 is 5.97 Å². The summed E-state index contributed by atoms with van der Waals surface area (Å²) in [4.78, 5) is 13.3. The summed E-state index contributed by atoms with van der Waals surface area (Å²) in [7, 11) is 0. The average Bonchev–Trinajstić information content (AvgIpc) is 2.50. The number of carbonyl (C=O) groups is 1. The van der Waals surface area contributed by atoms with E-state index in [1.54, 1.807) is 0 Å². The van der Waals surface area contributed by atoms with Crippen molar-refractivity contribution in [2.75, 3.05) is 18.0 Å². The van der Waals surface area contributed by atoms with Gasteiger partial charge in [-0.1, -0.05) is 12.1 Å². The molecule has 4 nitrogen and oxygen atoms in total. The minimum Gasteiger partial charge on any atom is -0.481 e. The van der Waals surface area contributed by atoms with Gasteiger partial charge < -0.3 is 15.3 Å². The molecule has 0 aromatic heterocycles. The van der Waals surface area contributed by atoms with Gasteiger partial charge in [-0.3, -0.25) is 4.79 Å². The van der Waals surface area contributed by atoms with E-state index < -0.39 is 5.97 Å². The van der Waals surface area contributed by atoms with Crippen LogP contribution in [0.5, 0.6) is 0 Å². The van der Waals surface area contributed by atoms with Crippen molar-refractivity contribution < 1.29 is 9.90 Å². The van der Waals surface area contributed by atoms with Crippen molar-refractivity contribution in [1.29, 1.82) is 0 Å². The Kier molecular flexibility index (Phi) is 4.43. The van der Waals surface area contributed by atoms with Gasteiger partial charge in [-0.15, -0.1) is 0 Å². The number of hydrogen-bond acceptors (Lipinski definition) is 3. The largest absolute Gasteiger partial charge is 0.481 e. The van der Waals surface area contributed by atoms with Crippen LogP contribution in [0.1, 0.15) is 25.3 Å². The van der Waals surface area contributed by atoms with Crippen LogP contribution in [-0.2, 0) is 4.79 Å². The Hall–Kier alpha value is -1.55. The van der Waals surface area contributed by atoms with Crippen LogP contribution in [0.15, 0.2) is 24.3 Å². The second-order valence-electron chi connectivity index (χ2n) is 5.34. The minimum absolute atomic E-state index is 0.0109. The highest BCUT2D eigenvalue weighted by Gasteiger charge is 2.28. The molecule has 2 unspecified atom stereocenters. The van der Waals surface area contributed by atoms with Crippen LogP contribution in [0.25, 0.3) is 0 Å². The van der Waals surface area contributed by atoms with Gasteiger partial charge in [-0.2, -0.15) is 0 Å². The molecule has 0 saturated carbocycles. The summed E-state index contributed by atoms with van der Waals surface area (Å²) in [5.41, 5.74) is 2.33. The van der Waals surface area contributed by atoms with Crippen LogP contribution < -0.4 is 10.2 Å². The lowest BCUT2D eigenvalue weighted by Crippen LogP contribution is -2.45. The van der Waals surface area contributed by atoms with E-state index in [1.165, 1.54) is 5.56 Å². The monoisotopic (exact) mass is 262 g/mol. The standard InChI is InChI=1S/C15H22N2O2/c1-11-4-3-5-13(8-11)17-12(2)6-7-16-10-14(17)9-15(18)19/h3-5,8,12,14,16H,6-7,9-10H2,1-2H3,(H,18,19). The first kappa shape index (κ1) is 13.9. The van der Waals surface area contributed by atoms with Crippen molar-refractivity contribution in [3.63, 3.8) is 0 Å². The number of hydrogen-bond donors (Lipinski definition) is 2. The highest BCUT2D eigenvalue weighted by Crippen LogP contribution is 2.25. The van der Waals surface area contributed by atoms with E-state index in [4.69, 9.17) is 5.11 Å². The van der Waals surface area contributed by atoms with Gasteiger partial charge in [0.15, 0.2) is 0 Å². The normalized spacial score (nSPS) is 24.0. The Balaban J connectivity index is 2.30. The summed E-state index contributed by atoms with van der Waals surface area (Å²) in [6.07, 6.45) is 1.20. The molecule has 2 rings (SSSR count). The molecule has 4 heteroatoms. The molecule has 0 spiro atoms. The molecule has 104 valence electrons. The molecule has 1 fully saturated rings. The molecule has 1 aromatic rings. The number of nitrogens with one attached hydrogen (secondary N) is 1. The first-order valence-corrected chi connectivity index (χ1v) is 6.85. The molecule has 1 aliphatic heterocycles. The number of anilines is 1. The van der Waals surface area contributed by atoms with Gasteiger partial charge in [-0.25, -0.2) is 0 Å². The van der Waals surface area contributed by atoms with Gasteiger partial charge in [0.25, 0.3) is 0 Å². The Morgan fingerprint density at radius 2 is 2.32 bits per heavy atom. The number of nitrogens with zero attached hydrogens (tertiary/aromatic N) is 1. The lowest BCUT2D eigenvalue weighted by Gasteiger charge is -2.36. The first-order chi connectivity index (χ1) is 9.08. The highest BCUT2D eigenvalue weighted by molar-refractivity contribution is 5.69. The van der Waals surface area contributed by atoms with Gasteiger partial charge in [-0.05, 0) is 44.5 Å². The molecule has 1 aromatic carbocycles. The maximum absolute atomic E-state index is 11.1. The molecular weight excluding hydrogens is 240 g/mol. The molecule has 19 heavy (non-hydrogen) atoms. The summed E-state index contributed by atoms with van der Waals surface area (Å²) in [5, 5.41) is 12.5. The number of aryl methyl sites for hydroxylation is 1. The molecule has 0 bridgehead atoms. The number of benzene rings is 1. The van der Waals surface area contributed by atoms with E-state index in [0.29, 0.717) is 6.04 Å². The van der Waals surface area contributed by atoms with Crippen LogP contribution in [0, 0.1) is 6.92 Å². The van der Waals surface area contributed by atoms with E-state index in [0.717, 1.165) is 25.2 Å². The SMILES string of the molecule is Cc1cccc(N2C(C)CCNCC2CC(=O)O)c1. The summed E-state index contributed by atoms with van der Waals surface area (Å²) in [6, 6.07) is 8.67. The van der Waals surface area contributed by atoms with Gasteiger partial charge in [0, 0.05) is 18.3 Å². The third kappa shape index (κ3) is 3.47. The number of carboxylic acid groups (broad SMARTS) is 1. The van der Waals surface area contributed by atoms with Crippen molar-refractivity contribution in [1.82, 2.24) is 5.32 Å². The predicted octanol–water partition coefficient (Wildman–Crippen LogP) is 2.03. The third-order valence-corrected chi connectivity index (χ3v) is 3.70. The molecule has 0 radical (unpaired) electrons. The fourth-order valence-electron chi connectivity index (χ4n) is 2.80. The molecule has 1 saturated heterocycles. The number of aliphatic carboxylic acids is 1. The van der Waals surface area contributed by atoms with E-state index in [2.05, 4.69) is 42.3 Å². The maximum Gasteiger partial charge on any atom is 0.305 e. The van der Waals surface area contributed by atoms with E-state index in [-0.39, 0.29) is 12.5 Å². The molecule has 2 atom stereocenters. The first-order valence-electron chi connectivity index (χ1n) is 6.85. The fraction of sp³-hybridized carbons (Fsp3) is 0.533. The van der Waals surface area contributed by atoms with Crippen molar-refractivity contribution >= 4 is 11.7 Å². The van der Waals surface area contributed by atoms with Crippen LogP contribution in [0.4, 0.5) is 5.69 Å². The van der Waals surface area contributed by atoms with Gasteiger partial charge in [0.05, 0.1) is 12.5 Å². The Morgan fingerprint density at radius 3 is 3.00 bits per heavy atom. The van der Waals surface area contributed by atoms with Crippen molar-refractivity contribution in [3.05, 3.63) is 29.8 Å². The topological polar surface area (TPSA) is 52.6 Å². The van der Waals surface area contributed by atoms with Crippen molar-refractivity contribution in [2.45, 2.75) is 38.8 Å². The van der Waals surface area contributed by atoms with Crippen molar-refractivity contribution in [2.24, 2.45) is 0 Å². The van der Waals surface area contributed by atoms with E-state index >= 15 is 0 Å². The van der Waals surface area contributed by atoms with Crippen LogP contribution in [0.2, 0.25) is 0 Å². The molecule has 2 N–H and O–H groups in total. The van der Waals surface area contributed by atoms with Crippen LogP contribution >= 0.6 is 0 Å². The summed E-state index contributed by atoms with van der Waals surface area (Å²) in [6.45, 7) is 5.91.